The summed E-state index contributed by atoms with van der Waals surface area (Å²) in [6, 6.07) is 17.9. The van der Waals surface area contributed by atoms with Gasteiger partial charge in [0.05, 0.1) is 41.4 Å². The number of carbonyl (C=O) groups excluding carboxylic acids is 1. The number of non-ortho nitro benzene ring substituents is 1. The largest absolute Gasteiger partial charge is 0.490 e. The van der Waals surface area contributed by atoms with Crippen LogP contribution in [0.15, 0.2) is 88.3 Å². The van der Waals surface area contributed by atoms with Crippen molar-refractivity contribution >= 4 is 29.1 Å². The lowest BCUT2D eigenvalue weighted by Crippen LogP contribution is -2.39. The molecule has 0 radical (unpaired) electrons. The predicted molar refractivity (Wildman–Crippen MR) is 164 cm³/mol. The third kappa shape index (κ3) is 6.40. The third-order valence-electron chi connectivity index (χ3n) is 6.72. The molecule has 0 fully saturated rings. The molecule has 0 saturated carbocycles. The molecule has 0 unspecified atom stereocenters. The summed E-state index contributed by atoms with van der Waals surface area (Å²) in [7, 11) is 1.28. The summed E-state index contributed by atoms with van der Waals surface area (Å²) in [4.78, 5) is 42.0. The molecule has 0 saturated heterocycles. The van der Waals surface area contributed by atoms with Gasteiger partial charge in [-0.1, -0.05) is 29.5 Å². The number of methoxy groups -OCH3 is 1. The number of carbonyl (C=O) groups is 1. The summed E-state index contributed by atoms with van der Waals surface area (Å²) in [5, 5.41) is 10.9. The minimum atomic E-state index is -0.799. The van der Waals surface area contributed by atoms with Crippen LogP contribution in [0.3, 0.4) is 0 Å². The lowest BCUT2D eigenvalue weighted by atomic mass is 9.97. The van der Waals surface area contributed by atoms with Crippen molar-refractivity contribution in [2.75, 3.05) is 20.3 Å². The van der Waals surface area contributed by atoms with Crippen molar-refractivity contribution in [3.05, 3.63) is 125 Å². The highest BCUT2D eigenvalue weighted by molar-refractivity contribution is 7.07. The van der Waals surface area contributed by atoms with Crippen molar-refractivity contribution in [1.29, 1.82) is 0 Å². The van der Waals surface area contributed by atoms with E-state index in [1.165, 1.54) is 41.3 Å². The summed E-state index contributed by atoms with van der Waals surface area (Å²) >= 11 is 1.20. The van der Waals surface area contributed by atoms with Gasteiger partial charge in [-0.15, -0.1) is 0 Å². The van der Waals surface area contributed by atoms with Gasteiger partial charge in [0, 0.05) is 18.3 Å². The van der Waals surface area contributed by atoms with Crippen LogP contribution < -0.4 is 29.1 Å². The third-order valence-corrected chi connectivity index (χ3v) is 7.71. The van der Waals surface area contributed by atoms with E-state index in [1.54, 1.807) is 54.6 Å². The molecule has 2 heterocycles. The lowest BCUT2D eigenvalue weighted by molar-refractivity contribution is -0.384. The molecular formula is C32H29N3O8S. The van der Waals surface area contributed by atoms with E-state index >= 15 is 0 Å². The summed E-state index contributed by atoms with van der Waals surface area (Å²) < 4.78 is 24.3. The van der Waals surface area contributed by atoms with Crippen LogP contribution in [-0.4, -0.2) is 35.8 Å². The zero-order valence-corrected chi connectivity index (χ0v) is 25.0. The number of ether oxygens (including phenoxy) is 4. The van der Waals surface area contributed by atoms with E-state index in [1.807, 2.05) is 19.9 Å². The van der Waals surface area contributed by atoms with E-state index in [9.17, 15) is 19.7 Å². The highest BCUT2D eigenvalue weighted by atomic mass is 32.1. The number of thiazole rings is 1. The topological polar surface area (TPSA) is 131 Å². The first-order chi connectivity index (χ1) is 21.3. The summed E-state index contributed by atoms with van der Waals surface area (Å²) in [5.41, 5.74) is 2.03. The van der Waals surface area contributed by atoms with E-state index in [0.717, 1.165) is 11.1 Å². The molecule has 1 aromatic heterocycles. The van der Waals surface area contributed by atoms with Gasteiger partial charge < -0.3 is 18.9 Å². The lowest BCUT2D eigenvalue weighted by Gasteiger charge is -2.23. The van der Waals surface area contributed by atoms with Gasteiger partial charge in [0.1, 0.15) is 12.4 Å². The fourth-order valence-corrected chi connectivity index (χ4v) is 5.68. The Labute approximate surface area is 256 Å². The zero-order valence-electron chi connectivity index (χ0n) is 24.2. The average molecular weight is 616 g/mol. The molecular weight excluding hydrogens is 586 g/mol. The second-order valence-electron chi connectivity index (χ2n) is 9.53. The van der Waals surface area contributed by atoms with E-state index < -0.39 is 16.9 Å². The van der Waals surface area contributed by atoms with Crippen LogP contribution in [0.2, 0.25) is 0 Å². The van der Waals surface area contributed by atoms with Gasteiger partial charge in [-0.2, -0.15) is 0 Å². The fraction of sp³-hybridized carbons (Fsp3) is 0.219. The molecule has 1 atom stereocenters. The number of nitro groups is 1. The molecule has 0 amide bonds. The van der Waals surface area contributed by atoms with Crippen molar-refractivity contribution in [1.82, 2.24) is 4.57 Å². The number of aromatic nitrogens is 1. The van der Waals surface area contributed by atoms with Gasteiger partial charge in [-0.3, -0.25) is 19.5 Å². The number of esters is 1. The van der Waals surface area contributed by atoms with Crippen LogP contribution in [0, 0.1) is 10.1 Å². The Bertz CT molecular complexity index is 1910. The minimum absolute atomic E-state index is 0.00965. The fourth-order valence-electron chi connectivity index (χ4n) is 4.71. The van der Waals surface area contributed by atoms with Crippen molar-refractivity contribution < 1.29 is 28.7 Å². The van der Waals surface area contributed by atoms with Crippen LogP contribution in [0.5, 0.6) is 17.2 Å². The Morgan fingerprint density at radius 2 is 1.77 bits per heavy atom. The number of hydrogen-bond donors (Lipinski definition) is 0. The molecule has 3 aromatic carbocycles. The van der Waals surface area contributed by atoms with Crippen LogP contribution in [0.25, 0.3) is 6.08 Å². The van der Waals surface area contributed by atoms with E-state index in [2.05, 4.69) is 4.99 Å². The number of nitro benzene ring substituents is 1. The van der Waals surface area contributed by atoms with Crippen molar-refractivity contribution in [3.8, 4) is 17.2 Å². The molecule has 44 heavy (non-hydrogen) atoms. The molecule has 0 spiro atoms. The van der Waals surface area contributed by atoms with E-state index in [0.29, 0.717) is 45.4 Å². The van der Waals surface area contributed by atoms with Crippen molar-refractivity contribution in [3.63, 3.8) is 0 Å². The van der Waals surface area contributed by atoms with Crippen molar-refractivity contribution in [2.45, 2.75) is 26.5 Å². The van der Waals surface area contributed by atoms with Crippen LogP contribution in [0.1, 0.15) is 36.6 Å². The first-order valence-corrected chi connectivity index (χ1v) is 14.6. The first kappa shape index (κ1) is 30.2. The summed E-state index contributed by atoms with van der Waals surface area (Å²) in [5.74, 6) is 1.02. The highest BCUT2D eigenvalue weighted by Crippen LogP contribution is 2.35. The number of rotatable bonds is 11. The van der Waals surface area contributed by atoms with Gasteiger partial charge in [0.25, 0.3) is 11.2 Å². The molecule has 0 aliphatic carbocycles. The van der Waals surface area contributed by atoms with Gasteiger partial charge in [0.2, 0.25) is 0 Å². The number of fused-ring (bicyclic) bond motifs is 1. The summed E-state index contributed by atoms with van der Waals surface area (Å²) in [6.07, 6.45) is 3.18. The van der Waals surface area contributed by atoms with E-state index in [4.69, 9.17) is 18.9 Å². The maximum Gasteiger partial charge on any atom is 0.337 e. The molecule has 5 rings (SSSR count). The maximum absolute atomic E-state index is 13.9. The van der Waals surface area contributed by atoms with Crippen LogP contribution in [0.4, 0.5) is 5.69 Å². The Morgan fingerprint density at radius 1 is 1.02 bits per heavy atom. The second-order valence-corrected chi connectivity index (χ2v) is 10.5. The Balaban J connectivity index is 1.49. The molecule has 12 heteroatoms. The Kier molecular flexibility index (Phi) is 9.20. The van der Waals surface area contributed by atoms with Crippen LogP contribution in [-0.2, 0) is 16.1 Å². The van der Waals surface area contributed by atoms with Crippen molar-refractivity contribution in [2.24, 2.45) is 4.99 Å². The molecule has 4 aromatic rings. The number of benzene rings is 3. The molecule has 0 N–H and O–H groups in total. The smallest absolute Gasteiger partial charge is 0.337 e. The quantitative estimate of drug-likeness (QED) is 0.139. The number of nitrogens with zero attached hydrogens (tertiary/aromatic N) is 3. The predicted octanol–water partition coefficient (Wildman–Crippen LogP) is 4.30. The normalized spacial score (nSPS) is 14.2. The van der Waals surface area contributed by atoms with Gasteiger partial charge in [-0.05, 0) is 73.0 Å². The molecule has 1 aliphatic rings. The van der Waals surface area contributed by atoms with Gasteiger partial charge in [0.15, 0.2) is 16.3 Å². The Morgan fingerprint density at radius 3 is 2.48 bits per heavy atom. The Hall–Kier alpha value is -5.23. The van der Waals surface area contributed by atoms with Gasteiger partial charge >= 0.3 is 5.97 Å². The minimum Gasteiger partial charge on any atom is -0.490 e. The standard InChI is InChI=1S/C32H29N3O8S/c1-4-41-26-14-11-22(17-27(26)42-5-2)29-25(31(37)40-3)18-33-32-34(29)30(36)28(44-32)16-21-7-6-8-24(15-21)43-19-20-9-12-23(13-10-20)35(38)39/h6-18,29H,4-5,19H2,1-3H3/b28-16+/t29-/m1/s1. The number of hydrogen-bond acceptors (Lipinski definition) is 10. The molecule has 226 valence electrons. The molecule has 0 bridgehead atoms. The average Bonchev–Trinajstić information content (AvgIpc) is 3.35. The first-order valence-electron chi connectivity index (χ1n) is 13.8. The maximum atomic E-state index is 13.9. The zero-order chi connectivity index (χ0) is 31.2. The summed E-state index contributed by atoms with van der Waals surface area (Å²) in [6.45, 7) is 4.81. The van der Waals surface area contributed by atoms with E-state index in [-0.39, 0.29) is 23.4 Å². The van der Waals surface area contributed by atoms with Crippen LogP contribution >= 0.6 is 11.3 Å². The highest BCUT2D eigenvalue weighted by Gasteiger charge is 2.31. The molecule has 1 aliphatic heterocycles. The second kappa shape index (κ2) is 13.4. The van der Waals surface area contributed by atoms with Gasteiger partial charge in [-0.25, -0.2) is 9.79 Å². The monoisotopic (exact) mass is 615 g/mol. The molecule has 11 nitrogen and oxygen atoms in total. The SMILES string of the molecule is CCOc1ccc([C@@H]2C(C(=O)OC)=CN=c3s/c(=C/c4cccc(OCc5ccc([N+](=O)[O-])cc5)c4)c(=O)n32)cc1OCC.